The van der Waals surface area contributed by atoms with E-state index in [1.54, 1.807) is 34.1 Å². The first-order chi connectivity index (χ1) is 12.5. The normalized spacial score (nSPS) is 16.0. The largest absolute Gasteiger partial charge is 0.493 e. The van der Waals surface area contributed by atoms with E-state index in [-0.39, 0.29) is 6.61 Å². The molecule has 0 radical (unpaired) electrons. The smallest absolute Gasteiger partial charge is 0.338 e. The molecule has 1 aromatic heterocycles. The molecule has 0 fully saturated rings. The number of nitrogens with one attached hydrogen (secondary N) is 1. The molecule has 1 atom stereocenters. The SMILES string of the molecule is CCOC(=O)C1=C(C)Nc2nnnn2[C@@H]1c1cc(Br)c(OC)c(OC)c1. The second kappa shape index (κ2) is 7.32. The topological polar surface area (TPSA) is 100 Å². The minimum absolute atomic E-state index is 0.264. The van der Waals surface area contributed by atoms with Crippen LogP contribution in [0.25, 0.3) is 0 Å². The minimum Gasteiger partial charge on any atom is -0.493 e. The third-order valence-electron chi connectivity index (χ3n) is 3.98. The van der Waals surface area contributed by atoms with Gasteiger partial charge in [-0.25, -0.2) is 4.79 Å². The van der Waals surface area contributed by atoms with Crippen LogP contribution >= 0.6 is 15.9 Å². The van der Waals surface area contributed by atoms with Gasteiger partial charge in [-0.2, -0.15) is 4.68 Å². The Morgan fingerprint density at radius 1 is 1.35 bits per heavy atom. The second-order valence-corrected chi connectivity index (χ2v) is 6.33. The summed E-state index contributed by atoms with van der Waals surface area (Å²) in [5.41, 5.74) is 1.79. The Hall–Kier alpha value is -2.62. The minimum atomic E-state index is -0.573. The van der Waals surface area contributed by atoms with Gasteiger partial charge in [0.05, 0.1) is 30.9 Å². The number of hydrogen-bond donors (Lipinski definition) is 1. The number of halogens is 1. The number of ether oxygens (including phenoxy) is 3. The van der Waals surface area contributed by atoms with Gasteiger partial charge in [0.15, 0.2) is 11.5 Å². The molecule has 0 bridgehead atoms. The maximum absolute atomic E-state index is 12.6. The Bertz CT molecular complexity index is 880. The summed E-state index contributed by atoms with van der Waals surface area (Å²) in [7, 11) is 3.10. The van der Waals surface area contributed by atoms with Gasteiger partial charge in [-0.3, -0.25) is 0 Å². The molecule has 2 aromatic rings. The van der Waals surface area contributed by atoms with Crippen LogP contribution in [0, 0.1) is 0 Å². The van der Waals surface area contributed by atoms with Crippen molar-refractivity contribution < 1.29 is 19.0 Å². The van der Waals surface area contributed by atoms with Crippen LogP contribution in [-0.4, -0.2) is 47.0 Å². The van der Waals surface area contributed by atoms with E-state index in [4.69, 9.17) is 14.2 Å². The van der Waals surface area contributed by atoms with E-state index < -0.39 is 12.0 Å². The second-order valence-electron chi connectivity index (χ2n) is 5.47. The number of hydrogen-bond acceptors (Lipinski definition) is 8. The quantitative estimate of drug-likeness (QED) is 0.730. The lowest BCUT2D eigenvalue weighted by molar-refractivity contribution is -0.139. The van der Waals surface area contributed by atoms with Crippen LogP contribution in [-0.2, 0) is 9.53 Å². The van der Waals surface area contributed by atoms with Crippen molar-refractivity contribution in [3.63, 3.8) is 0 Å². The van der Waals surface area contributed by atoms with Crippen molar-refractivity contribution in [2.45, 2.75) is 19.9 Å². The summed E-state index contributed by atoms with van der Waals surface area (Å²) in [5, 5.41) is 14.7. The molecule has 1 N–H and O–H groups in total. The van der Waals surface area contributed by atoms with Gasteiger partial charge in [-0.05, 0) is 57.9 Å². The Balaban J connectivity index is 2.20. The fourth-order valence-corrected chi connectivity index (χ4v) is 3.51. The van der Waals surface area contributed by atoms with Gasteiger partial charge in [-0.15, -0.1) is 0 Å². The molecule has 0 aliphatic carbocycles. The van der Waals surface area contributed by atoms with E-state index in [1.165, 1.54) is 4.68 Å². The van der Waals surface area contributed by atoms with E-state index >= 15 is 0 Å². The average Bonchev–Trinajstić information content (AvgIpc) is 3.07. The molecule has 138 valence electrons. The van der Waals surface area contributed by atoms with Crippen LogP contribution in [0.15, 0.2) is 27.9 Å². The molecule has 1 aliphatic heterocycles. The van der Waals surface area contributed by atoms with E-state index in [0.717, 1.165) is 5.56 Å². The van der Waals surface area contributed by atoms with Gasteiger partial charge in [0.2, 0.25) is 5.95 Å². The molecule has 3 rings (SSSR count). The van der Waals surface area contributed by atoms with Gasteiger partial charge < -0.3 is 19.5 Å². The van der Waals surface area contributed by atoms with Crippen LogP contribution in [0.3, 0.4) is 0 Å². The third kappa shape index (κ3) is 3.00. The van der Waals surface area contributed by atoms with E-state index in [2.05, 4.69) is 36.8 Å². The monoisotopic (exact) mass is 423 g/mol. The molecule has 0 amide bonds. The molecule has 9 nitrogen and oxygen atoms in total. The summed E-state index contributed by atoms with van der Waals surface area (Å²) in [6.45, 7) is 3.81. The third-order valence-corrected chi connectivity index (χ3v) is 4.57. The molecule has 26 heavy (non-hydrogen) atoms. The summed E-state index contributed by atoms with van der Waals surface area (Å²) in [6, 6.07) is 3.06. The van der Waals surface area contributed by atoms with Crippen molar-refractivity contribution in [2.75, 3.05) is 26.1 Å². The maximum Gasteiger partial charge on any atom is 0.338 e. The zero-order chi connectivity index (χ0) is 18.8. The summed E-state index contributed by atoms with van der Waals surface area (Å²) in [4.78, 5) is 12.6. The zero-order valence-electron chi connectivity index (χ0n) is 14.7. The number of fused-ring (bicyclic) bond motifs is 1. The first-order valence-electron chi connectivity index (χ1n) is 7.86. The number of benzene rings is 1. The molecule has 0 spiro atoms. The standard InChI is InChI=1S/C16H18BrN5O4/c1-5-26-15(23)12-8(2)18-16-19-20-21-22(16)13(12)9-6-10(17)14(25-4)11(7-9)24-3/h6-7,13H,5H2,1-4H3,(H,18,19,21)/t13-/m1/s1. The fourth-order valence-electron chi connectivity index (χ4n) is 2.89. The van der Waals surface area contributed by atoms with Gasteiger partial charge >= 0.3 is 5.97 Å². The van der Waals surface area contributed by atoms with E-state index in [0.29, 0.717) is 33.2 Å². The summed E-state index contributed by atoms with van der Waals surface area (Å²) >= 11 is 3.49. The molecule has 2 heterocycles. The highest BCUT2D eigenvalue weighted by Gasteiger charge is 2.35. The number of tetrazole rings is 1. The highest BCUT2D eigenvalue weighted by molar-refractivity contribution is 9.10. The summed E-state index contributed by atoms with van der Waals surface area (Å²) < 4.78 is 18.2. The van der Waals surface area contributed by atoms with Crippen LogP contribution in [0.2, 0.25) is 0 Å². The number of nitrogens with zero attached hydrogens (tertiary/aromatic N) is 4. The summed E-state index contributed by atoms with van der Waals surface area (Å²) in [5.74, 6) is 1.08. The Kier molecular flexibility index (Phi) is 5.12. The molecule has 0 saturated carbocycles. The first kappa shape index (κ1) is 18.2. The molecule has 10 heteroatoms. The lowest BCUT2D eigenvalue weighted by atomic mass is 9.95. The van der Waals surface area contributed by atoms with Crippen molar-refractivity contribution in [2.24, 2.45) is 0 Å². The Morgan fingerprint density at radius 3 is 2.77 bits per heavy atom. The maximum atomic E-state index is 12.6. The number of carbonyl (C=O) groups excluding carboxylic acids is 1. The fraction of sp³-hybridized carbons (Fsp3) is 0.375. The highest BCUT2D eigenvalue weighted by Crippen LogP contribution is 2.42. The van der Waals surface area contributed by atoms with Crippen molar-refractivity contribution in [3.8, 4) is 11.5 Å². The molecule has 1 aromatic carbocycles. The summed E-state index contributed by atoms with van der Waals surface area (Å²) in [6.07, 6.45) is 0. The van der Waals surface area contributed by atoms with Crippen LogP contribution in [0.4, 0.5) is 5.95 Å². The average molecular weight is 424 g/mol. The number of anilines is 1. The first-order valence-corrected chi connectivity index (χ1v) is 8.65. The van der Waals surface area contributed by atoms with Gasteiger partial charge in [0.1, 0.15) is 6.04 Å². The number of methoxy groups -OCH3 is 2. The molecule has 0 saturated heterocycles. The van der Waals surface area contributed by atoms with Crippen molar-refractivity contribution in [1.29, 1.82) is 0 Å². The molecular weight excluding hydrogens is 406 g/mol. The lowest BCUT2D eigenvalue weighted by Gasteiger charge is -2.28. The van der Waals surface area contributed by atoms with E-state index in [1.807, 2.05) is 6.07 Å². The number of rotatable bonds is 5. The van der Waals surface area contributed by atoms with Crippen molar-refractivity contribution in [3.05, 3.63) is 33.4 Å². The highest BCUT2D eigenvalue weighted by atomic mass is 79.9. The van der Waals surface area contributed by atoms with Gasteiger partial charge in [-0.1, -0.05) is 5.10 Å². The number of allylic oxidation sites excluding steroid dienone is 1. The number of esters is 1. The Labute approximate surface area is 158 Å². The predicted octanol–water partition coefficient (Wildman–Crippen LogP) is 2.30. The van der Waals surface area contributed by atoms with Crippen LogP contribution < -0.4 is 14.8 Å². The van der Waals surface area contributed by atoms with E-state index in [9.17, 15) is 4.79 Å². The molecular formula is C16H18BrN5O4. The number of aromatic nitrogens is 4. The van der Waals surface area contributed by atoms with Crippen molar-refractivity contribution in [1.82, 2.24) is 20.2 Å². The zero-order valence-corrected chi connectivity index (χ0v) is 16.3. The van der Waals surface area contributed by atoms with Gasteiger partial charge in [0.25, 0.3) is 0 Å². The molecule has 0 unspecified atom stereocenters. The van der Waals surface area contributed by atoms with Crippen LogP contribution in [0.1, 0.15) is 25.5 Å². The predicted molar refractivity (Wildman–Crippen MR) is 96.2 cm³/mol. The van der Waals surface area contributed by atoms with Crippen molar-refractivity contribution >= 4 is 27.8 Å². The number of carbonyl (C=O) groups is 1. The van der Waals surface area contributed by atoms with Gasteiger partial charge in [0, 0.05) is 5.70 Å². The molecule has 1 aliphatic rings. The lowest BCUT2D eigenvalue weighted by Crippen LogP contribution is -2.29. The Morgan fingerprint density at radius 2 is 2.12 bits per heavy atom. The van der Waals surface area contributed by atoms with Crippen LogP contribution in [0.5, 0.6) is 11.5 Å².